The zero-order valence-corrected chi connectivity index (χ0v) is 14.8. The summed E-state index contributed by atoms with van der Waals surface area (Å²) in [5, 5.41) is 6.13. The summed E-state index contributed by atoms with van der Waals surface area (Å²) >= 11 is 0. The molecule has 4 heterocycles. The predicted molar refractivity (Wildman–Crippen MR) is 102 cm³/mol. The van der Waals surface area contributed by atoms with Crippen LogP contribution >= 0.6 is 0 Å². The molecule has 0 bridgehead atoms. The number of nitrogens with zero attached hydrogens (tertiary/aromatic N) is 5. The number of pyridine rings is 1. The lowest BCUT2D eigenvalue weighted by molar-refractivity contribution is 0.0602. The fourth-order valence-electron chi connectivity index (χ4n) is 3.92. The zero-order chi connectivity index (χ0) is 18.2. The van der Waals surface area contributed by atoms with Gasteiger partial charge in [0.25, 0.3) is 5.91 Å². The Bertz CT molecular complexity index is 1130. The van der Waals surface area contributed by atoms with Crippen molar-refractivity contribution < 1.29 is 4.79 Å². The maximum absolute atomic E-state index is 13.4. The second-order valence-electron chi connectivity index (χ2n) is 6.88. The highest BCUT2D eigenvalue weighted by Crippen LogP contribution is 2.32. The third-order valence-corrected chi connectivity index (χ3v) is 5.26. The van der Waals surface area contributed by atoms with Crippen LogP contribution in [0.1, 0.15) is 41.5 Å². The lowest BCUT2D eigenvalue weighted by Gasteiger charge is -2.35. The SMILES string of the molecule is O=C(c1nccc2ccccc12)N1CCCCC1c1ccn2nccc2n1. The van der Waals surface area contributed by atoms with Gasteiger partial charge in [0, 0.05) is 30.4 Å². The van der Waals surface area contributed by atoms with E-state index in [-0.39, 0.29) is 11.9 Å². The summed E-state index contributed by atoms with van der Waals surface area (Å²) in [4.78, 5) is 24.5. The molecule has 5 rings (SSSR count). The lowest BCUT2D eigenvalue weighted by atomic mass is 9.98. The number of aromatic nitrogens is 4. The van der Waals surface area contributed by atoms with Gasteiger partial charge in [-0.1, -0.05) is 24.3 Å². The average Bonchev–Trinajstić information content (AvgIpc) is 3.21. The van der Waals surface area contributed by atoms with Crippen molar-refractivity contribution in [3.05, 3.63) is 72.4 Å². The fourth-order valence-corrected chi connectivity index (χ4v) is 3.92. The number of hydrogen-bond donors (Lipinski definition) is 0. The third kappa shape index (κ3) is 2.73. The standard InChI is InChI=1S/C21H19N5O/c27-21(20-16-6-2-1-5-15(16)8-11-22-20)25-13-4-3-7-18(25)17-10-14-26-19(24-17)9-12-23-26/h1-2,5-6,8-12,14,18H,3-4,7,13H2. The summed E-state index contributed by atoms with van der Waals surface area (Å²) in [6, 6.07) is 13.6. The molecule has 1 fully saturated rings. The Morgan fingerprint density at radius 2 is 1.96 bits per heavy atom. The number of carbonyl (C=O) groups is 1. The highest BCUT2D eigenvalue weighted by molar-refractivity contribution is 6.05. The van der Waals surface area contributed by atoms with Gasteiger partial charge in [0.1, 0.15) is 5.69 Å². The van der Waals surface area contributed by atoms with E-state index in [1.807, 2.05) is 53.6 Å². The largest absolute Gasteiger partial charge is 0.329 e. The van der Waals surface area contributed by atoms with Gasteiger partial charge >= 0.3 is 0 Å². The number of carbonyl (C=O) groups excluding carboxylic acids is 1. The van der Waals surface area contributed by atoms with E-state index in [9.17, 15) is 4.79 Å². The first-order chi connectivity index (χ1) is 13.3. The number of hydrogen-bond acceptors (Lipinski definition) is 4. The number of piperidine rings is 1. The average molecular weight is 357 g/mol. The predicted octanol–water partition coefficient (Wildman–Crippen LogP) is 3.64. The van der Waals surface area contributed by atoms with Crippen molar-refractivity contribution in [3.8, 4) is 0 Å². The Hall–Kier alpha value is -3.28. The number of benzene rings is 1. The quantitative estimate of drug-likeness (QED) is 0.549. The molecule has 1 aliphatic rings. The van der Waals surface area contributed by atoms with Crippen molar-refractivity contribution in [2.45, 2.75) is 25.3 Å². The molecule has 0 spiro atoms. The van der Waals surface area contributed by atoms with E-state index in [4.69, 9.17) is 4.98 Å². The van der Waals surface area contributed by atoms with Gasteiger partial charge in [-0.15, -0.1) is 0 Å². The van der Waals surface area contributed by atoms with E-state index >= 15 is 0 Å². The fraction of sp³-hybridized carbons (Fsp3) is 0.238. The second-order valence-corrected chi connectivity index (χ2v) is 6.88. The maximum atomic E-state index is 13.4. The molecule has 3 aromatic heterocycles. The molecule has 0 aliphatic carbocycles. The van der Waals surface area contributed by atoms with Gasteiger partial charge < -0.3 is 4.90 Å². The Kier molecular flexibility index (Phi) is 3.81. The van der Waals surface area contributed by atoms with Crippen LogP contribution in [0.5, 0.6) is 0 Å². The second kappa shape index (κ2) is 6.46. The number of rotatable bonds is 2. The molecule has 27 heavy (non-hydrogen) atoms. The van der Waals surface area contributed by atoms with E-state index < -0.39 is 0 Å². The van der Waals surface area contributed by atoms with E-state index in [1.165, 1.54) is 0 Å². The van der Waals surface area contributed by atoms with E-state index in [0.717, 1.165) is 47.9 Å². The van der Waals surface area contributed by atoms with Gasteiger partial charge in [0.2, 0.25) is 0 Å². The van der Waals surface area contributed by atoms with Gasteiger partial charge in [-0.25, -0.2) is 9.50 Å². The maximum Gasteiger partial charge on any atom is 0.273 e. The molecule has 134 valence electrons. The van der Waals surface area contributed by atoms with Crippen LogP contribution in [0.4, 0.5) is 0 Å². The first kappa shape index (κ1) is 15.9. The molecule has 0 radical (unpaired) electrons. The molecule has 1 aromatic carbocycles. The summed E-state index contributed by atoms with van der Waals surface area (Å²) in [5.41, 5.74) is 2.23. The minimum atomic E-state index is -0.0353. The highest BCUT2D eigenvalue weighted by atomic mass is 16.2. The molecule has 1 amide bonds. The molecule has 0 N–H and O–H groups in total. The van der Waals surface area contributed by atoms with E-state index in [0.29, 0.717) is 5.69 Å². The summed E-state index contributed by atoms with van der Waals surface area (Å²) in [7, 11) is 0. The van der Waals surface area contributed by atoms with Crippen LogP contribution in [0.3, 0.4) is 0 Å². The Morgan fingerprint density at radius 3 is 2.93 bits per heavy atom. The normalized spacial score (nSPS) is 17.5. The lowest BCUT2D eigenvalue weighted by Crippen LogP contribution is -2.39. The highest BCUT2D eigenvalue weighted by Gasteiger charge is 2.31. The van der Waals surface area contributed by atoms with Crippen LogP contribution < -0.4 is 0 Å². The third-order valence-electron chi connectivity index (χ3n) is 5.26. The molecule has 1 unspecified atom stereocenters. The zero-order valence-electron chi connectivity index (χ0n) is 14.8. The monoisotopic (exact) mass is 357 g/mol. The topological polar surface area (TPSA) is 63.4 Å². The first-order valence-corrected chi connectivity index (χ1v) is 9.26. The molecule has 1 aliphatic heterocycles. The molecule has 1 atom stereocenters. The summed E-state index contributed by atoms with van der Waals surface area (Å²) in [6.45, 7) is 0.723. The van der Waals surface area contributed by atoms with Gasteiger partial charge in [0.05, 0.1) is 17.9 Å². The Labute approximate surface area is 156 Å². The minimum absolute atomic E-state index is 0.0216. The van der Waals surface area contributed by atoms with Gasteiger partial charge in [0.15, 0.2) is 5.65 Å². The van der Waals surface area contributed by atoms with Gasteiger partial charge in [-0.2, -0.15) is 5.10 Å². The molecule has 0 saturated carbocycles. The number of likely N-dealkylation sites (tertiary alicyclic amines) is 1. The molecule has 6 nitrogen and oxygen atoms in total. The van der Waals surface area contributed by atoms with Crippen molar-refractivity contribution in [2.24, 2.45) is 0 Å². The van der Waals surface area contributed by atoms with Gasteiger partial charge in [-0.05, 0) is 36.8 Å². The summed E-state index contributed by atoms with van der Waals surface area (Å²) in [5.74, 6) is -0.0216. The molecular formula is C21H19N5O. The van der Waals surface area contributed by atoms with Crippen molar-refractivity contribution >= 4 is 22.3 Å². The molecule has 1 saturated heterocycles. The Balaban J connectivity index is 1.55. The van der Waals surface area contributed by atoms with E-state index in [2.05, 4.69) is 10.1 Å². The van der Waals surface area contributed by atoms with Crippen molar-refractivity contribution in [1.29, 1.82) is 0 Å². The van der Waals surface area contributed by atoms with Crippen LogP contribution in [0.15, 0.2) is 61.1 Å². The van der Waals surface area contributed by atoms with Gasteiger partial charge in [-0.3, -0.25) is 9.78 Å². The van der Waals surface area contributed by atoms with Crippen molar-refractivity contribution in [3.63, 3.8) is 0 Å². The minimum Gasteiger partial charge on any atom is -0.329 e. The first-order valence-electron chi connectivity index (χ1n) is 9.26. The van der Waals surface area contributed by atoms with Crippen molar-refractivity contribution in [2.75, 3.05) is 6.54 Å². The summed E-state index contributed by atoms with van der Waals surface area (Å²) in [6.07, 6.45) is 8.35. The van der Waals surface area contributed by atoms with Crippen molar-refractivity contribution in [1.82, 2.24) is 24.5 Å². The Morgan fingerprint density at radius 1 is 1.04 bits per heavy atom. The van der Waals surface area contributed by atoms with Crippen LogP contribution in [-0.4, -0.2) is 36.9 Å². The molecule has 6 heteroatoms. The van der Waals surface area contributed by atoms with Crippen LogP contribution in [0.2, 0.25) is 0 Å². The number of fused-ring (bicyclic) bond motifs is 2. The molecule has 4 aromatic rings. The van der Waals surface area contributed by atoms with Crippen LogP contribution in [-0.2, 0) is 0 Å². The van der Waals surface area contributed by atoms with Crippen LogP contribution in [0, 0.1) is 0 Å². The summed E-state index contributed by atoms with van der Waals surface area (Å²) < 4.78 is 1.74. The number of amides is 1. The van der Waals surface area contributed by atoms with Crippen LogP contribution in [0.25, 0.3) is 16.4 Å². The molecular weight excluding hydrogens is 338 g/mol. The smallest absolute Gasteiger partial charge is 0.273 e. The van der Waals surface area contributed by atoms with E-state index in [1.54, 1.807) is 16.9 Å².